The molecular formula is C27H30ClNO4S. The first-order valence-electron chi connectivity index (χ1n) is 11.3. The van der Waals surface area contributed by atoms with Crippen molar-refractivity contribution >= 4 is 33.2 Å². The highest BCUT2D eigenvalue weighted by atomic mass is 35.5. The van der Waals surface area contributed by atoms with Gasteiger partial charge in [0.2, 0.25) is 0 Å². The molecule has 34 heavy (non-hydrogen) atoms. The van der Waals surface area contributed by atoms with Crippen LogP contribution in [-0.2, 0) is 21.2 Å². The van der Waals surface area contributed by atoms with E-state index in [0.29, 0.717) is 10.8 Å². The number of carbonyl (C=O) groups is 1. The van der Waals surface area contributed by atoms with Gasteiger partial charge in [-0.25, -0.2) is 8.42 Å². The number of rotatable bonds is 9. The van der Waals surface area contributed by atoms with Crippen LogP contribution in [0.3, 0.4) is 0 Å². The van der Waals surface area contributed by atoms with Gasteiger partial charge in [-0.1, -0.05) is 43.1 Å². The van der Waals surface area contributed by atoms with Crippen LogP contribution in [-0.4, -0.2) is 20.9 Å². The van der Waals surface area contributed by atoms with Crippen molar-refractivity contribution in [3.8, 4) is 5.75 Å². The van der Waals surface area contributed by atoms with Crippen LogP contribution in [0.4, 0.5) is 5.69 Å². The Morgan fingerprint density at radius 2 is 1.62 bits per heavy atom. The van der Waals surface area contributed by atoms with Crippen molar-refractivity contribution in [1.82, 2.24) is 0 Å². The number of anilines is 1. The van der Waals surface area contributed by atoms with Gasteiger partial charge in [0.1, 0.15) is 5.75 Å². The topological polar surface area (TPSA) is 63.7 Å². The molecule has 180 valence electrons. The van der Waals surface area contributed by atoms with Gasteiger partial charge in [0.15, 0.2) is 6.61 Å². The second kappa shape index (κ2) is 11.1. The van der Waals surface area contributed by atoms with E-state index in [2.05, 4.69) is 6.92 Å². The number of benzene rings is 3. The third kappa shape index (κ3) is 5.99. The molecule has 0 heterocycles. The Labute approximate surface area is 207 Å². The van der Waals surface area contributed by atoms with Crippen LogP contribution in [0.5, 0.6) is 5.75 Å². The maximum Gasteiger partial charge on any atom is 0.278 e. The van der Waals surface area contributed by atoms with E-state index in [1.807, 2.05) is 45.0 Å². The summed E-state index contributed by atoms with van der Waals surface area (Å²) >= 11 is 5.94. The molecule has 7 heteroatoms. The summed E-state index contributed by atoms with van der Waals surface area (Å²) < 4.78 is 33.7. The number of hydrogen-bond donors (Lipinski definition) is 0. The Balaban J connectivity index is 1.95. The molecule has 0 aliphatic heterocycles. The molecule has 3 rings (SSSR count). The smallest absolute Gasteiger partial charge is 0.278 e. The van der Waals surface area contributed by atoms with Gasteiger partial charge in [-0.3, -0.25) is 4.79 Å². The summed E-state index contributed by atoms with van der Waals surface area (Å²) in [6.45, 7) is 7.51. The lowest BCUT2D eigenvalue weighted by molar-refractivity contribution is -0.119. The molecular weight excluding hydrogens is 470 g/mol. The fourth-order valence-corrected chi connectivity index (χ4v) is 5.19. The number of hydrogen-bond acceptors (Lipinski definition) is 4. The highest BCUT2D eigenvalue weighted by Gasteiger charge is 2.31. The number of unbranched alkanes of at least 4 members (excludes halogenated alkanes) is 1. The van der Waals surface area contributed by atoms with Crippen molar-refractivity contribution < 1.29 is 17.9 Å². The van der Waals surface area contributed by atoms with Gasteiger partial charge in [-0.05, 0) is 98.3 Å². The summed E-state index contributed by atoms with van der Waals surface area (Å²) in [4.78, 5) is 13.3. The largest absolute Gasteiger partial charge is 0.483 e. The summed E-state index contributed by atoms with van der Waals surface area (Å²) in [7, 11) is -4.19. The number of carbonyl (C=O) groups excluding carboxylic acids is 1. The number of ether oxygens (including phenoxy) is 1. The molecule has 0 saturated heterocycles. The summed E-state index contributed by atoms with van der Waals surface area (Å²) in [5.74, 6) is -0.126. The van der Waals surface area contributed by atoms with Crippen LogP contribution in [0, 0.1) is 20.8 Å². The summed E-state index contributed by atoms with van der Waals surface area (Å²) in [5, 5.41) is 0.408. The number of sulfonamides is 1. The van der Waals surface area contributed by atoms with E-state index in [1.165, 1.54) is 24.3 Å². The predicted octanol–water partition coefficient (Wildman–Crippen LogP) is 6.41. The van der Waals surface area contributed by atoms with Crippen molar-refractivity contribution in [3.05, 3.63) is 87.9 Å². The van der Waals surface area contributed by atoms with E-state index in [0.717, 1.165) is 45.8 Å². The molecule has 5 nitrogen and oxygen atoms in total. The van der Waals surface area contributed by atoms with Gasteiger partial charge in [0.05, 0.1) is 10.6 Å². The first kappa shape index (κ1) is 25.8. The molecule has 1 amide bonds. The molecule has 3 aromatic rings. The molecule has 0 N–H and O–H groups in total. The number of amides is 1. The SMILES string of the molecule is CCCCc1ccc(N(C(=O)COc2cc(C)cc(C)c2C)S(=O)(=O)c2ccc(Cl)cc2)cc1. The van der Waals surface area contributed by atoms with E-state index < -0.39 is 22.5 Å². The summed E-state index contributed by atoms with van der Waals surface area (Å²) in [6.07, 6.45) is 2.99. The van der Waals surface area contributed by atoms with E-state index in [-0.39, 0.29) is 10.6 Å². The number of halogens is 1. The van der Waals surface area contributed by atoms with Crippen LogP contribution < -0.4 is 9.04 Å². The monoisotopic (exact) mass is 499 g/mol. The minimum Gasteiger partial charge on any atom is -0.483 e. The van der Waals surface area contributed by atoms with Gasteiger partial charge in [-0.15, -0.1) is 0 Å². The van der Waals surface area contributed by atoms with Crippen molar-refractivity contribution in [2.75, 3.05) is 10.9 Å². The third-order valence-corrected chi connectivity index (χ3v) is 7.70. The van der Waals surface area contributed by atoms with Gasteiger partial charge in [0, 0.05) is 5.02 Å². The lowest BCUT2D eigenvalue weighted by atomic mass is 10.1. The Bertz CT molecular complexity index is 1250. The molecule has 3 aromatic carbocycles. The average molecular weight is 500 g/mol. The van der Waals surface area contributed by atoms with Crippen molar-refractivity contribution in [2.45, 2.75) is 51.9 Å². The minimum absolute atomic E-state index is 0.0251. The quantitative estimate of drug-likeness (QED) is 0.341. The second-order valence-electron chi connectivity index (χ2n) is 8.38. The Morgan fingerprint density at radius 3 is 2.24 bits per heavy atom. The van der Waals surface area contributed by atoms with Crippen LogP contribution in [0.15, 0.2) is 65.6 Å². The molecule has 0 saturated carbocycles. The number of aryl methyl sites for hydroxylation is 3. The van der Waals surface area contributed by atoms with Crippen molar-refractivity contribution in [2.24, 2.45) is 0 Å². The molecule has 0 bridgehead atoms. The van der Waals surface area contributed by atoms with Gasteiger partial charge >= 0.3 is 0 Å². The van der Waals surface area contributed by atoms with Crippen LogP contribution in [0.1, 0.15) is 42.0 Å². The van der Waals surface area contributed by atoms with Crippen LogP contribution in [0.25, 0.3) is 0 Å². The van der Waals surface area contributed by atoms with Crippen molar-refractivity contribution in [1.29, 1.82) is 0 Å². The standard InChI is InChI=1S/C27H30ClNO4S/c1-5-6-7-22-8-12-24(13-9-22)29(34(31,32)25-14-10-23(28)11-15-25)27(30)18-33-26-17-19(2)16-20(3)21(26)4/h8-17H,5-7,18H2,1-4H3. The van der Waals surface area contributed by atoms with Crippen LogP contribution in [0.2, 0.25) is 5.02 Å². The highest BCUT2D eigenvalue weighted by Crippen LogP contribution is 2.27. The fourth-order valence-electron chi connectivity index (χ4n) is 3.66. The molecule has 0 spiro atoms. The van der Waals surface area contributed by atoms with E-state index in [4.69, 9.17) is 16.3 Å². The summed E-state index contributed by atoms with van der Waals surface area (Å²) in [6, 6.07) is 16.7. The van der Waals surface area contributed by atoms with E-state index in [1.54, 1.807) is 12.1 Å². The molecule has 0 aromatic heterocycles. The summed E-state index contributed by atoms with van der Waals surface area (Å²) in [5.41, 5.74) is 4.30. The average Bonchev–Trinajstić information content (AvgIpc) is 2.80. The van der Waals surface area contributed by atoms with E-state index >= 15 is 0 Å². The normalized spacial score (nSPS) is 11.3. The molecule has 0 aliphatic carbocycles. The Kier molecular flexibility index (Phi) is 8.39. The maximum atomic E-state index is 13.5. The first-order valence-corrected chi connectivity index (χ1v) is 13.1. The minimum atomic E-state index is -4.19. The van der Waals surface area contributed by atoms with Crippen molar-refractivity contribution in [3.63, 3.8) is 0 Å². The Hall–Kier alpha value is -2.83. The molecule has 0 fully saturated rings. The predicted molar refractivity (Wildman–Crippen MR) is 137 cm³/mol. The van der Waals surface area contributed by atoms with Gasteiger partial charge < -0.3 is 4.74 Å². The molecule has 0 radical (unpaired) electrons. The molecule has 0 atom stereocenters. The maximum absolute atomic E-state index is 13.5. The zero-order valence-corrected chi connectivity index (χ0v) is 21.5. The first-order chi connectivity index (χ1) is 16.1. The number of nitrogens with zero attached hydrogens (tertiary/aromatic N) is 1. The lowest BCUT2D eigenvalue weighted by Gasteiger charge is -2.23. The van der Waals surface area contributed by atoms with Gasteiger partial charge in [-0.2, -0.15) is 4.31 Å². The highest BCUT2D eigenvalue weighted by molar-refractivity contribution is 7.93. The fraction of sp³-hybridized carbons (Fsp3) is 0.296. The lowest BCUT2D eigenvalue weighted by Crippen LogP contribution is -2.40. The van der Waals surface area contributed by atoms with Gasteiger partial charge in [0.25, 0.3) is 15.9 Å². The zero-order valence-electron chi connectivity index (χ0n) is 20.0. The van der Waals surface area contributed by atoms with Crippen LogP contribution >= 0.6 is 11.6 Å². The molecule has 0 aliphatic rings. The third-order valence-electron chi connectivity index (χ3n) is 5.68. The molecule has 0 unspecified atom stereocenters. The second-order valence-corrected chi connectivity index (χ2v) is 10.6. The Morgan fingerprint density at radius 1 is 0.971 bits per heavy atom. The van der Waals surface area contributed by atoms with E-state index in [9.17, 15) is 13.2 Å². The zero-order chi connectivity index (χ0) is 24.9.